The first kappa shape index (κ1) is 12.5. The molecule has 0 aliphatic carbocycles. The van der Waals surface area contributed by atoms with E-state index >= 15 is 0 Å². The van der Waals surface area contributed by atoms with E-state index in [0.29, 0.717) is 11.6 Å². The minimum absolute atomic E-state index is 0.00996. The Bertz CT molecular complexity index is 509. The van der Waals surface area contributed by atoms with Crippen LogP contribution in [-0.4, -0.2) is 15.2 Å². The summed E-state index contributed by atoms with van der Waals surface area (Å²) < 4.78 is 5.56. The standard InChI is InChI=1S/C14H15NO3/c1-10(17)12-6-7-15-14(8-12)18-13-4-2-11(9-16)3-5-13/h2-8,10,16-17H,9H2,1H3/t10-/m1/s1. The fourth-order valence-electron chi connectivity index (χ4n) is 1.52. The summed E-state index contributed by atoms with van der Waals surface area (Å²) in [5, 5.41) is 18.4. The molecule has 0 unspecified atom stereocenters. The number of aliphatic hydroxyl groups is 2. The number of pyridine rings is 1. The molecule has 0 aliphatic rings. The molecule has 1 atom stereocenters. The summed E-state index contributed by atoms with van der Waals surface area (Å²) >= 11 is 0. The molecule has 0 radical (unpaired) electrons. The van der Waals surface area contributed by atoms with Crippen molar-refractivity contribution in [3.8, 4) is 11.6 Å². The Morgan fingerprint density at radius 2 is 1.94 bits per heavy atom. The molecule has 4 nitrogen and oxygen atoms in total. The largest absolute Gasteiger partial charge is 0.439 e. The highest BCUT2D eigenvalue weighted by Crippen LogP contribution is 2.22. The van der Waals surface area contributed by atoms with Crippen LogP contribution in [0.4, 0.5) is 0 Å². The molecule has 2 aromatic rings. The molecular formula is C14H15NO3. The molecule has 0 bridgehead atoms. The van der Waals surface area contributed by atoms with E-state index in [1.807, 2.05) is 0 Å². The van der Waals surface area contributed by atoms with Gasteiger partial charge in [-0.2, -0.15) is 0 Å². The molecule has 18 heavy (non-hydrogen) atoms. The molecule has 94 valence electrons. The Hall–Kier alpha value is -1.91. The molecule has 1 aromatic heterocycles. The molecule has 0 spiro atoms. The minimum Gasteiger partial charge on any atom is -0.439 e. The number of benzene rings is 1. The second-order valence-electron chi connectivity index (χ2n) is 4.01. The van der Waals surface area contributed by atoms with E-state index < -0.39 is 6.10 Å². The van der Waals surface area contributed by atoms with Crippen molar-refractivity contribution in [2.45, 2.75) is 19.6 Å². The van der Waals surface area contributed by atoms with E-state index in [0.717, 1.165) is 11.1 Å². The lowest BCUT2D eigenvalue weighted by atomic mass is 10.2. The molecule has 0 saturated heterocycles. The maximum Gasteiger partial charge on any atom is 0.219 e. The Kier molecular flexibility index (Phi) is 3.92. The number of hydrogen-bond donors (Lipinski definition) is 2. The van der Waals surface area contributed by atoms with Gasteiger partial charge in [0, 0.05) is 12.3 Å². The van der Waals surface area contributed by atoms with Gasteiger partial charge in [0.2, 0.25) is 5.88 Å². The molecular weight excluding hydrogens is 230 g/mol. The zero-order valence-electron chi connectivity index (χ0n) is 10.1. The summed E-state index contributed by atoms with van der Waals surface area (Å²) in [5.41, 5.74) is 1.58. The molecule has 1 heterocycles. The molecule has 0 amide bonds. The topological polar surface area (TPSA) is 62.6 Å². The fourth-order valence-corrected chi connectivity index (χ4v) is 1.52. The van der Waals surface area contributed by atoms with Crippen LogP contribution in [0.1, 0.15) is 24.2 Å². The van der Waals surface area contributed by atoms with Crippen molar-refractivity contribution >= 4 is 0 Å². The Morgan fingerprint density at radius 3 is 2.56 bits per heavy atom. The summed E-state index contributed by atoms with van der Waals surface area (Å²) in [5.74, 6) is 1.08. The highest BCUT2D eigenvalue weighted by atomic mass is 16.5. The lowest BCUT2D eigenvalue weighted by Gasteiger charge is -2.08. The van der Waals surface area contributed by atoms with Gasteiger partial charge in [-0.3, -0.25) is 0 Å². The van der Waals surface area contributed by atoms with Crippen molar-refractivity contribution in [1.82, 2.24) is 4.98 Å². The van der Waals surface area contributed by atoms with E-state index in [4.69, 9.17) is 9.84 Å². The predicted octanol–water partition coefficient (Wildman–Crippen LogP) is 2.42. The number of rotatable bonds is 4. The molecule has 0 saturated carbocycles. The van der Waals surface area contributed by atoms with E-state index in [1.54, 1.807) is 49.5 Å². The normalized spacial score (nSPS) is 12.2. The third-order valence-corrected chi connectivity index (χ3v) is 2.57. The second-order valence-corrected chi connectivity index (χ2v) is 4.01. The summed E-state index contributed by atoms with van der Waals surface area (Å²) in [4.78, 5) is 4.08. The molecule has 2 N–H and O–H groups in total. The number of hydrogen-bond acceptors (Lipinski definition) is 4. The van der Waals surface area contributed by atoms with Crippen LogP contribution in [0.5, 0.6) is 11.6 Å². The molecule has 0 fully saturated rings. The van der Waals surface area contributed by atoms with Gasteiger partial charge >= 0.3 is 0 Å². The van der Waals surface area contributed by atoms with Crippen molar-refractivity contribution in [3.63, 3.8) is 0 Å². The maximum absolute atomic E-state index is 9.47. The number of nitrogens with zero attached hydrogens (tertiary/aromatic N) is 1. The van der Waals surface area contributed by atoms with Gasteiger partial charge in [0.1, 0.15) is 5.75 Å². The van der Waals surface area contributed by atoms with Crippen molar-refractivity contribution in [3.05, 3.63) is 53.7 Å². The van der Waals surface area contributed by atoms with Crippen molar-refractivity contribution < 1.29 is 14.9 Å². The first-order valence-electron chi connectivity index (χ1n) is 5.70. The fraction of sp³-hybridized carbons (Fsp3) is 0.214. The van der Waals surface area contributed by atoms with Crippen molar-refractivity contribution in [1.29, 1.82) is 0 Å². The minimum atomic E-state index is -0.549. The van der Waals surface area contributed by atoms with Crippen LogP contribution in [0.25, 0.3) is 0 Å². The molecule has 0 aliphatic heterocycles. The number of ether oxygens (including phenoxy) is 1. The average molecular weight is 245 g/mol. The highest BCUT2D eigenvalue weighted by Gasteiger charge is 2.04. The lowest BCUT2D eigenvalue weighted by Crippen LogP contribution is -1.94. The van der Waals surface area contributed by atoms with Gasteiger partial charge in [0.05, 0.1) is 12.7 Å². The van der Waals surface area contributed by atoms with Gasteiger partial charge in [-0.05, 0) is 36.2 Å². The van der Waals surface area contributed by atoms with Gasteiger partial charge in [-0.1, -0.05) is 12.1 Å². The monoisotopic (exact) mass is 245 g/mol. The van der Waals surface area contributed by atoms with Gasteiger partial charge in [0.25, 0.3) is 0 Å². The van der Waals surface area contributed by atoms with Crippen molar-refractivity contribution in [2.75, 3.05) is 0 Å². The van der Waals surface area contributed by atoms with E-state index in [1.165, 1.54) is 0 Å². The Labute approximate surface area is 106 Å². The van der Waals surface area contributed by atoms with Crippen LogP contribution in [0.2, 0.25) is 0 Å². The summed E-state index contributed by atoms with van der Waals surface area (Å²) in [6, 6.07) is 10.5. The highest BCUT2D eigenvalue weighted by molar-refractivity contribution is 5.31. The zero-order valence-corrected chi connectivity index (χ0v) is 10.1. The van der Waals surface area contributed by atoms with E-state index in [2.05, 4.69) is 4.98 Å². The Balaban J connectivity index is 2.15. The van der Waals surface area contributed by atoms with Gasteiger partial charge in [0.15, 0.2) is 0 Å². The smallest absolute Gasteiger partial charge is 0.219 e. The third kappa shape index (κ3) is 3.06. The van der Waals surface area contributed by atoms with Crippen LogP contribution in [0, 0.1) is 0 Å². The number of aliphatic hydroxyl groups excluding tert-OH is 2. The predicted molar refractivity (Wildman–Crippen MR) is 67.3 cm³/mol. The second kappa shape index (κ2) is 5.62. The SMILES string of the molecule is C[C@@H](O)c1ccnc(Oc2ccc(CO)cc2)c1. The molecule has 1 aromatic carbocycles. The summed E-state index contributed by atoms with van der Waals surface area (Å²) in [6.45, 7) is 1.70. The summed E-state index contributed by atoms with van der Waals surface area (Å²) in [7, 11) is 0. The first-order chi connectivity index (χ1) is 8.69. The van der Waals surface area contributed by atoms with Crippen LogP contribution in [0.15, 0.2) is 42.6 Å². The van der Waals surface area contributed by atoms with Gasteiger partial charge in [-0.15, -0.1) is 0 Å². The molecule has 2 rings (SSSR count). The van der Waals surface area contributed by atoms with Crippen LogP contribution in [-0.2, 0) is 6.61 Å². The quantitative estimate of drug-likeness (QED) is 0.868. The van der Waals surface area contributed by atoms with Gasteiger partial charge in [-0.25, -0.2) is 4.98 Å². The Morgan fingerprint density at radius 1 is 1.22 bits per heavy atom. The first-order valence-corrected chi connectivity index (χ1v) is 5.70. The van der Waals surface area contributed by atoms with E-state index in [-0.39, 0.29) is 6.61 Å². The molecule has 4 heteroatoms. The van der Waals surface area contributed by atoms with Crippen LogP contribution in [0.3, 0.4) is 0 Å². The summed E-state index contributed by atoms with van der Waals surface area (Å²) in [6.07, 6.45) is 1.05. The van der Waals surface area contributed by atoms with Crippen LogP contribution < -0.4 is 4.74 Å². The maximum atomic E-state index is 9.47. The zero-order chi connectivity index (χ0) is 13.0. The van der Waals surface area contributed by atoms with Gasteiger partial charge < -0.3 is 14.9 Å². The number of aromatic nitrogens is 1. The van der Waals surface area contributed by atoms with Crippen LogP contribution >= 0.6 is 0 Å². The van der Waals surface area contributed by atoms with E-state index in [9.17, 15) is 5.11 Å². The van der Waals surface area contributed by atoms with Crippen molar-refractivity contribution in [2.24, 2.45) is 0 Å². The third-order valence-electron chi connectivity index (χ3n) is 2.57. The average Bonchev–Trinajstić information content (AvgIpc) is 2.40. The lowest BCUT2D eigenvalue weighted by molar-refractivity contribution is 0.198.